The highest BCUT2D eigenvalue weighted by atomic mass is 16.5. The van der Waals surface area contributed by atoms with Crippen LogP contribution in [-0.4, -0.2) is 46.3 Å². The summed E-state index contributed by atoms with van der Waals surface area (Å²) in [6.45, 7) is 3.62. The summed E-state index contributed by atoms with van der Waals surface area (Å²) in [5.41, 5.74) is 1.92. The van der Waals surface area contributed by atoms with Gasteiger partial charge in [0.1, 0.15) is 5.75 Å². The highest BCUT2D eigenvalue weighted by Gasteiger charge is 2.41. The molecule has 1 aromatic heterocycles. The van der Waals surface area contributed by atoms with Crippen molar-refractivity contribution >= 4 is 11.8 Å². The first-order valence-corrected chi connectivity index (χ1v) is 10.7. The molecule has 158 valence electrons. The summed E-state index contributed by atoms with van der Waals surface area (Å²) in [4.78, 5) is 34.1. The molecule has 1 saturated heterocycles. The lowest BCUT2D eigenvalue weighted by atomic mass is 10.0. The van der Waals surface area contributed by atoms with Crippen molar-refractivity contribution in [3.63, 3.8) is 0 Å². The van der Waals surface area contributed by atoms with Gasteiger partial charge in [0.2, 0.25) is 11.8 Å². The number of benzene rings is 1. The van der Waals surface area contributed by atoms with Gasteiger partial charge in [-0.05, 0) is 55.5 Å². The summed E-state index contributed by atoms with van der Waals surface area (Å²) in [5.74, 6) is 1.19. The third kappa shape index (κ3) is 4.64. The third-order valence-electron chi connectivity index (χ3n) is 6.23. The van der Waals surface area contributed by atoms with E-state index in [4.69, 9.17) is 4.74 Å². The second-order valence-electron chi connectivity index (χ2n) is 8.39. The van der Waals surface area contributed by atoms with E-state index >= 15 is 0 Å². The number of amides is 2. The van der Waals surface area contributed by atoms with Crippen molar-refractivity contribution in [3.8, 4) is 5.75 Å². The van der Waals surface area contributed by atoms with E-state index in [0.717, 1.165) is 17.0 Å². The van der Waals surface area contributed by atoms with Gasteiger partial charge in [-0.2, -0.15) is 0 Å². The van der Waals surface area contributed by atoms with Crippen molar-refractivity contribution in [2.45, 2.75) is 45.3 Å². The molecule has 0 radical (unpaired) electrons. The van der Waals surface area contributed by atoms with Gasteiger partial charge in [0.15, 0.2) is 0 Å². The lowest BCUT2D eigenvalue weighted by Crippen LogP contribution is -2.43. The van der Waals surface area contributed by atoms with Crippen LogP contribution in [0.15, 0.2) is 48.7 Å². The molecular formula is C24H29N3O3. The summed E-state index contributed by atoms with van der Waals surface area (Å²) >= 11 is 0. The Labute approximate surface area is 177 Å². The molecule has 0 bridgehead atoms. The molecule has 1 aromatic carbocycles. The fraction of sp³-hybridized carbons (Fsp3) is 0.458. The average molecular weight is 408 g/mol. The number of rotatable bonds is 8. The number of hydrogen-bond donors (Lipinski definition) is 0. The van der Waals surface area contributed by atoms with Crippen LogP contribution < -0.4 is 4.74 Å². The molecule has 6 heteroatoms. The molecule has 2 atom stereocenters. The van der Waals surface area contributed by atoms with Crippen molar-refractivity contribution in [2.24, 2.45) is 11.8 Å². The summed E-state index contributed by atoms with van der Waals surface area (Å²) in [6, 6.07) is 13.7. The number of carbonyl (C=O) groups excluding carboxylic acids is 2. The van der Waals surface area contributed by atoms with Crippen molar-refractivity contribution < 1.29 is 14.3 Å². The van der Waals surface area contributed by atoms with E-state index in [9.17, 15) is 9.59 Å². The Morgan fingerprint density at radius 3 is 2.63 bits per heavy atom. The second-order valence-corrected chi connectivity index (χ2v) is 8.39. The molecule has 2 amide bonds. The van der Waals surface area contributed by atoms with Crippen LogP contribution >= 0.6 is 0 Å². The Hall–Kier alpha value is -2.89. The van der Waals surface area contributed by atoms with E-state index in [1.807, 2.05) is 47.4 Å². The molecular weight excluding hydrogens is 378 g/mol. The van der Waals surface area contributed by atoms with Crippen molar-refractivity contribution in [1.82, 2.24) is 14.8 Å². The van der Waals surface area contributed by atoms with Gasteiger partial charge in [-0.1, -0.05) is 18.2 Å². The number of carbonyl (C=O) groups is 2. The van der Waals surface area contributed by atoms with Crippen LogP contribution in [0.1, 0.15) is 37.4 Å². The predicted octanol–water partition coefficient (Wildman–Crippen LogP) is 3.27. The van der Waals surface area contributed by atoms with Crippen molar-refractivity contribution in [1.29, 1.82) is 0 Å². The molecule has 1 saturated carbocycles. The molecule has 6 nitrogen and oxygen atoms in total. The van der Waals surface area contributed by atoms with Gasteiger partial charge < -0.3 is 14.5 Å². The Morgan fingerprint density at radius 1 is 1.23 bits per heavy atom. The standard InChI is InChI=1S/C24H29N3O3/c1-17(19-8-9-19)27(14-18-6-10-22(30-2)11-7-18)24(29)20-13-23(28)26(15-20)16-21-5-3-4-12-25-21/h3-7,10-12,17,19-20H,8-9,13-16H2,1-2H3. The van der Waals surface area contributed by atoms with Crippen LogP contribution in [0, 0.1) is 11.8 Å². The molecule has 0 N–H and O–H groups in total. The number of pyridine rings is 1. The Kier molecular flexibility index (Phi) is 6.02. The fourth-order valence-corrected chi connectivity index (χ4v) is 4.20. The monoisotopic (exact) mass is 407 g/mol. The zero-order valence-electron chi connectivity index (χ0n) is 17.7. The maximum Gasteiger partial charge on any atom is 0.228 e. The molecule has 30 heavy (non-hydrogen) atoms. The predicted molar refractivity (Wildman–Crippen MR) is 113 cm³/mol. The SMILES string of the molecule is COc1ccc(CN(C(=O)C2CC(=O)N(Cc3ccccn3)C2)C(C)C2CC2)cc1. The van der Waals surface area contributed by atoms with Crippen LogP contribution in [0.4, 0.5) is 0 Å². The second kappa shape index (κ2) is 8.86. The number of ether oxygens (including phenoxy) is 1. The van der Waals surface area contributed by atoms with Crippen LogP contribution in [0.2, 0.25) is 0 Å². The third-order valence-corrected chi connectivity index (χ3v) is 6.23. The van der Waals surface area contributed by atoms with Gasteiger partial charge in [-0.25, -0.2) is 0 Å². The van der Waals surface area contributed by atoms with Gasteiger partial charge in [-0.3, -0.25) is 14.6 Å². The number of methoxy groups -OCH3 is 1. The van der Waals surface area contributed by atoms with E-state index in [1.54, 1.807) is 18.2 Å². The summed E-state index contributed by atoms with van der Waals surface area (Å²) < 4.78 is 5.24. The minimum atomic E-state index is -0.291. The highest BCUT2D eigenvalue weighted by molar-refractivity contribution is 5.89. The first-order valence-electron chi connectivity index (χ1n) is 10.7. The van der Waals surface area contributed by atoms with E-state index in [-0.39, 0.29) is 30.2 Å². The van der Waals surface area contributed by atoms with Crippen LogP contribution in [0.3, 0.4) is 0 Å². The minimum Gasteiger partial charge on any atom is -0.497 e. The molecule has 1 aliphatic heterocycles. The molecule has 2 fully saturated rings. The van der Waals surface area contributed by atoms with Gasteiger partial charge in [0.25, 0.3) is 0 Å². The Balaban J connectivity index is 1.46. The molecule has 4 rings (SSSR count). The minimum absolute atomic E-state index is 0.0301. The number of nitrogens with zero attached hydrogens (tertiary/aromatic N) is 3. The van der Waals surface area contributed by atoms with Gasteiger partial charge in [0, 0.05) is 31.7 Å². The van der Waals surface area contributed by atoms with E-state index in [0.29, 0.717) is 25.6 Å². The average Bonchev–Trinajstić information content (AvgIpc) is 3.56. The summed E-state index contributed by atoms with van der Waals surface area (Å²) in [6.07, 6.45) is 4.35. The Bertz CT molecular complexity index is 880. The maximum atomic E-state index is 13.5. The van der Waals surface area contributed by atoms with Gasteiger partial charge >= 0.3 is 0 Å². The van der Waals surface area contributed by atoms with Crippen LogP contribution in [0.25, 0.3) is 0 Å². The van der Waals surface area contributed by atoms with Crippen LogP contribution in [-0.2, 0) is 22.7 Å². The van der Waals surface area contributed by atoms with Gasteiger partial charge in [-0.15, -0.1) is 0 Å². The molecule has 2 aromatic rings. The van der Waals surface area contributed by atoms with Crippen LogP contribution in [0.5, 0.6) is 5.75 Å². The lowest BCUT2D eigenvalue weighted by Gasteiger charge is -2.32. The highest BCUT2D eigenvalue weighted by Crippen LogP contribution is 2.37. The maximum absolute atomic E-state index is 13.5. The molecule has 2 unspecified atom stereocenters. The normalized spacial score (nSPS) is 19.6. The molecule has 2 aliphatic rings. The smallest absolute Gasteiger partial charge is 0.228 e. The number of aromatic nitrogens is 1. The number of hydrogen-bond acceptors (Lipinski definition) is 4. The lowest BCUT2D eigenvalue weighted by molar-refractivity contribution is -0.139. The van der Waals surface area contributed by atoms with E-state index < -0.39 is 0 Å². The fourth-order valence-electron chi connectivity index (χ4n) is 4.20. The first kappa shape index (κ1) is 20.4. The quantitative estimate of drug-likeness (QED) is 0.674. The zero-order valence-corrected chi connectivity index (χ0v) is 17.7. The van der Waals surface area contributed by atoms with Crippen molar-refractivity contribution in [2.75, 3.05) is 13.7 Å². The molecule has 2 heterocycles. The summed E-state index contributed by atoms with van der Waals surface area (Å²) in [7, 11) is 1.65. The largest absolute Gasteiger partial charge is 0.497 e. The van der Waals surface area contributed by atoms with E-state index in [1.165, 1.54) is 12.8 Å². The molecule has 0 spiro atoms. The first-order chi connectivity index (χ1) is 14.5. The zero-order chi connectivity index (χ0) is 21.1. The van der Waals surface area contributed by atoms with Gasteiger partial charge in [0.05, 0.1) is 25.3 Å². The summed E-state index contributed by atoms with van der Waals surface area (Å²) in [5, 5.41) is 0. The number of likely N-dealkylation sites (tertiary alicyclic amines) is 1. The van der Waals surface area contributed by atoms with Crippen molar-refractivity contribution in [3.05, 3.63) is 59.9 Å². The topological polar surface area (TPSA) is 62.7 Å². The molecule has 1 aliphatic carbocycles. The Morgan fingerprint density at radius 2 is 2.00 bits per heavy atom. The van der Waals surface area contributed by atoms with E-state index in [2.05, 4.69) is 11.9 Å².